The summed E-state index contributed by atoms with van der Waals surface area (Å²) in [7, 11) is -3.95. The molecule has 5 N–H and O–H groups in total. The molecule has 0 rings (SSSR count). The van der Waals surface area contributed by atoms with Crippen molar-refractivity contribution in [1.82, 2.24) is 0 Å². The van der Waals surface area contributed by atoms with Gasteiger partial charge in [0, 0.05) is 0 Å². The molecule has 0 unspecified atom stereocenters. The minimum atomic E-state index is -3.95. The van der Waals surface area contributed by atoms with Crippen LogP contribution in [0.2, 0.25) is 0 Å². The molecule has 0 atom stereocenters. The fourth-order valence-corrected chi connectivity index (χ4v) is 1.68. The molecule has 0 aliphatic heterocycles. The fraction of sp³-hybridized carbons (Fsp3) is 1.00. The molecule has 0 aromatic carbocycles. The predicted octanol–water partition coefficient (Wildman–Crippen LogP) is -1.06. The van der Waals surface area contributed by atoms with Crippen LogP contribution in [0.15, 0.2) is 0 Å². The molecule has 0 amide bonds. The summed E-state index contributed by atoms with van der Waals surface area (Å²) in [5.41, 5.74) is 10.3. The Balaban J connectivity index is 4.11. The monoisotopic (exact) mass is 182 g/mol. The molecule has 0 aromatic rings. The van der Waals surface area contributed by atoms with Crippen molar-refractivity contribution in [3.8, 4) is 0 Å². The number of rotatable bonds is 5. The van der Waals surface area contributed by atoms with E-state index in [1.807, 2.05) is 0 Å². The van der Waals surface area contributed by atoms with Crippen LogP contribution in [-0.4, -0.2) is 31.3 Å². The highest BCUT2D eigenvalue weighted by Gasteiger charge is 2.20. The average Bonchev–Trinajstić information content (AvgIpc) is 1.85. The Labute approximate surface area is 66.5 Å². The molecule has 0 bridgehead atoms. The van der Waals surface area contributed by atoms with E-state index in [4.69, 9.17) is 16.0 Å². The molecule has 0 aliphatic carbocycles. The van der Waals surface area contributed by atoms with Crippen LogP contribution in [0.5, 0.6) is 0 Å². The largest absolute Gasteiger partial charge is 0.330 e. The Hall–Kier alpha value is -0.170. The van der Waals surface area contributed by atoms with Crippen molar-refractivity contribution in [3.05, 3.63) is 0 Å². The molecule has 0 saturated carbocycles. The molecule has 0 aromatic heterocycles. The van der Waals surface area contributed by atoms with E-state index in [0.29, 0.717) is 0 Å². The van der Waals surface area contributed by atoms with Gasteiger partial charge in [0.15, 0.2) is 0 Å². The summed E-state index contributed by atoms with van der Waals surface area (Å²) in [6.07, 6.45) is 0.520. The van der Waals surface area contributed by atoms with Crippen LogP contribution in [0.25, 0.3) is 0 Å². The quantitative estimate of drug-likeness (QED) is 0.470. The summed E-state index contributed by atoms with van der Waals surface area (Å²) in [5.74, 6) is 0. The molecule has 0 fully saturated rings. The highest BCUT2D eigenvalue weighted by Crippen LogP contribution is 2.06. The summed E-state index contributed by atoms with van der Waals surface area (Å²) in [4.78, 5) is 0. The molecule has 0 aliphatic rings. The lowest BCUT2D eigenvalue weighted by molar-refractivity contribution is 0.457. The van der Waals surface area contributed by atoms with Gasteiger partial charge in [0.05, 0.1) is 5.25 Å². The van der Waals surface area contributed by atoms with Crippen molar-refractivity contribution in [2.24, 2.45) is 11.5 Å². The van der Waals surface area contributed by atoms with Gasteiger partial charge in [-0.1, -0.05) is 0 Å². The van der Waals surface area contributed by atoms with Gasteiger partial charge in [-0.3, -0.25) is 4.55 Å². The van der Waals surface area contributed by atoms with Crippen molar-refractivity contribution < 1.29 is 13.0 Å². The van der Waals surface area contributed by atoms with Crippen molar-refractivity contribution >= 4 is 10.1 Å². The third kappa shape index (κ3) is 4.31. The molecule has 68 valence electrons. The van der Waals surface area contributed by atoms with Gasteiger partial charge in [0.1, 0.15) is 0 Å². The maximum absolute atomic E-state index is 10.6. The molecule has 0 saturated heterocycles. The van der Waals surface area contributed by atoms with Gasteiger partial charge in [-0.2, -0.15) is 8.42 Å². The van der Waals surface area contributed by atoms with Gasteiger partial charge in [-0.25, -0.2) is 0 Å². The lowest BCUT2D eigenvalue weighted by Gasteiger charge is -2.10. The van der Waals surface area contributed by atoms with Gasteiger partial charge in [0.25, 0.3) is 10.1 Å². The zero-order chi connectivity index (χ0) is 8.91. The zero-order valence-electron chi connectivity index (χ0n) is 6.23. The van der Waals surface area contributed by atoms with E-state index in [1.165, 1.54) is 0 Å². The molecule has 0 heterocycles. The third-order valence-corrected chi connectivity index (χ3v) is 2.71. The Morgan fingerprint density at radius 2 is 1.55 bits per heavy atom. The first-order valence-electron chi connectivity index (χ1n) is 3.38. The molecule has 0 spiro atoms. The minimum Gasteiger partial charge on any atom is -0.330 e. The van der Waals surface area contributed by atoms with Crippen molar-refractivity contribution in [1.29, 1.82) is 0 Å². The van der Waals surface area contributed by atoms with E-state index in [-0.39, 0.29) is 25.9 Å². The van der Waals surface area contributed by atoms with Crippen molar-refractivity contribution in [2.45, 2.75) is 18.1 Å². The van der Waals surface area contributed by atoms with Gasteiger partial charge < -0.3 is 11.5 Å². The fourth-order valence-electron chi connectivity index (χ4n) is 0.814. The van der Waals surface area contributed by atoms with Gasteiger partial charge in [-0.15, -0.1) is 0 Å². The molecular weight excluding hydrogens is 168 g/mol. The molecular formula is C5H14N2O3S. The third-order valence-electron chi connectivity index (χ3n) is 1.40. The second kappa shape index (κ2) is 4.66. The normalized spacial score (nSPS) is 12.4. The summed E-state index contributed by atoms with van der Waals surface area (Å²) in [5, 5.41) is -0.794. The first-order chi connectivity index (χ1) is 5.02. The van der Waals surface area contributed by atoms with E-state index in [0.717, 1.165) is 0 Å². The highest BCUT2D eigenvalue weighted by atomic mass is 32.2. The van der Waals surface area contributed by atoms with Crippen LogP contribution in [0.4, 0.5) is 0 Å². The number of hydrogen-bond donors (Lipinski definition) is 3. The Bertz CT molecular complexity index is 184. The Morgan fingerprint density at radius 1 is 1.18 bits per heavy atom. The van der Waals surface area contributed by atoms with E-state index >= 15 is 0 Å². The summed E-state index contributed by atoms with van der Waals surface area (Å²) in [6.45, 7) is 0.481. The van der Waals surface area contributed by atoms with Crippen LogP contribution < -0.4 is 11.5 Å². The van der Waals surface area contributed by atoms with Gasteiger partial charge in [0.2, 0.25) is 0 Å². The SMILES string of the molecule is NCCC(CCN)S(=O)(=O)O. The maximum Gasteiger partial charge on any atom is 0.267 e. The molecule has 0 radical (unpaired) electrons. The smallest absolute Gasteiger partial charge is 0.267 e. The standard InChI is InChI=1S/C5H14N2O3S/c6-3-1-5(2-4-7)11(8,9)10/h5H,1-4,6-7H2,(H,8,9,10). The Morgan fingerprint density at radius 3 is 1.73 bits per heavy atom. The van der Waals surface area contributed by atoms with Crippen LogP contribution >= 0.6 is 0 Å². The number of nitrogens with two attached hydrogens (primary N) is 2. The topological polar surface area (TPSA) is 106 Å². The summed E-state index contributed by atoms with van der Waals surface area (Å²) >= 11 is 0. The van der Waals surface area contributed by atoms with Crippen LogP contribution in [0, 0.1) is 0 Å². The van der Waals surface area contributed by atoms with Crippen LogP contribution in [-0.2, 0) is 10.1 Å². The number of hydrogen-bond acceptors (Lipinski definition) is 4. The predicted molar refractivity (Wildman–Crippen MR) is 42.7 cm³/mol. The lowest BCUT2D eigenvalue weighted by atomic mass is 10.2. The van der Waals surface area contributed by atoms with E-state index < -0.39 is 15.4 Å². The van der Waals surface area contributed by atoms with Crippen molar-refractivity contribution in [2.75, 3.05) is 13.1 Å². The highest BCUT2D eigenvalue weighted by molar-refractivity contribution is 7.86. The first kappa shape index (κ1) is 10.8. The van der Waals surface area contributed by atoms with Crippen LogP contribution in [0.3, 0.4) is 0 Å². The maximum atomic E-state index is 10.6. The average molecular weight is 182 g/mol. The van der Waals surface area contributed by atoms with Gasteiger partial charge in [-0.05, 0) is 25.9 Å². The van der Waals surface area contributed by atoms with Crippen molar-refractivity contribution in [3.63, 3.8) is 0 Å². The van der Waals surface area contributed by atoms with Gasteiger partial charge >= 0.3 is 0 Å². The van der Waals surface area contributed by atoms with E-state index in [2.05, 4.69) is 0 Å². The van der Waals surface area contributed by atoms with Crippen LogP contribution in [0.1, 0.15) is 12.8 Å². The second-order valence-corrected chi connectivity index (χ2v) is 3.99. The molecule has 11 heavy (non-hydrogen) atoms. The zero-order valence-corrected chi connectivity index (χ0v) is 7.05. The Kier molecular flexibility index (Phi) is 4.58. The minimum absolute atomic E-state index is 0.241. The van der Waals surface area contributed by atoms with E-state index in [9.17, 15) is 8.42 Å². The van der Waals surface area contributed by atoms with E-state index in [1.54, 1.807) is 0 Å². The molecule has 6 heteroatoms. The first-order valence-corrected chi connectivity index (χ1v) is 4.89. The second-order valence-electron chi connectivity index (χ2n) is 2.29. The molecule has 5 nitrogen and oxygen atoms in total. The summed E-state index contributed by atoms with van der Waals surface area (Å²) in [6, 6.07) is 0. The lowest BCUT2D eigenvalue weighted by Crippen LogP contribution is -2.26. The summed E-state index contributed by atoms with van der Waals surface area (Å²) < 4.78 is 29.7.